The van der Waals surface area contributed by atoms with Gasteiger partial charge in [-0.25, -0.2) is 4.98 Å². The minimum absolute atomic E-state index is 0.0869. The lowest BCUT2D eigenvalue weighted by molar-refractivity contribution is 0.387. The molecule has 0 radical (unpaired) electrons. The van der Waals surface area contributed by atoms with E-state index >= 15 is 0 Å². The number of nitrogens with zero attached hydrogens (tertiary/aromatic N) is 4. The molecule has 1 unspecified atom stereocenters. The zero-order valence-electron chi connectivity index (χ0n) is 16.6. The molecule has 2 aromatic carbocycles. The van der Waals surface area contributed by atoms with Crippen molar-refractivity contribution in [2.75, 3.05) is 0 Å². The van der Waals surface area contributed by atoms with Gasteiger partial charge in [-0.15, -0.1) is 0 Å². The molecular formula is C22H22N4O2S. The van der Waals surface area contributed by atoms with Gasteiger partial charge < -0.3 is 4.52 Å². The van der Waals surface area contributed by atoms with Crippen LogP contribution in [0.2, 0.25) is 0 Å². The van der Waals surface area contributed by atoms with Crippen molar-refractivity contribution < 1.29 is 4.52 Å². The molecule has 2 aromatic heterocycles. The van der Waals surface area contributed by atoms with Gasteiger partial charge >= 0.3 is 0 Å². The molecule has 0 saturated heterocycles. The first-order valence-electron chi connectivity index (χ1n) is 9.61. The van der Waals surface area contributed by atoms with E-state index in [1.165, 1.54) is 17.3 Å². The van der Waals surface area contributed by atoms with Crippen LogP contribution in [0.15, 0.2) is 63.0 Å². The van der Waals surface area contributed by atoms with Crippen molar-refractivity contribution >= 4 is 22.7 Å². The first-order chi connectivity index (χ1) is 14.1. The van der Waals surface area contributed by atoms with Gasteiger partial charge in [0.15, 0.2) is 11.0 Å². The lowest BCUT2D eigenvalue weighted by atomic mass is 9.98. The Morgan fingerprint density at radius 3 is 2.55 bits per heavy atom. The second-order valence-electron chi connectivity index (χ2n) is 6.98. The first kappa shape index (κ1) is 19.4. The zero-order chi connectivity index (χ0) is 20.4. The Bertz CT molecular complexity index is 1200. The van der Waals surface area contributed by atoms with Gasteiger partial charge in [-0.1, -0.05) is 55.0 Å². The molecule has 0 aliphatic heterocycles. The number of benzene rings is 2. The Kier molecular flexibility index (Phi) is 5.49. The molecule has 0 saturated carbocycles. The van der Waals surface area contributed by atoms with Crippen LogP contribution in [0.4, 0.5) is 0 Å². The lowest BCUT2D eigenvalue weighted by Crippen LogP contribution is -2.21. The van der Waals surface area contributed by atoms with Crippen molar-refractivity contribution in [3.63, 3.8) is 0 Å². The average Bonchev–Trinajstić information content (AvgIpc) is 3.17. The Balaban J connectivity index is 1.79. The van der Waals surface area contributed by atoms with E-state index in [1.54, 1.807) is 11.5 Å². The number of para-hydroxylation sites is 1. The number of hydrogen-bond acceptors (Lipinski definition) is 6. The van der Waals surface area contributed by atoms with Gasteiger partial charge in [0.25, 0.3) is 5.56 Å². The van der Waals surface area contributed by atoms with E-state index in [0.29, 0.717) is 39.4 Å². The standard InChI is InChI=1S/C22H22N4O2S/c1-4-14(2)16-9-11-17(12-10-16)26-21(27)18-7-5-6-8-19(18)24-22(26)29-13-20-23-15(3)25-28-20/h5-12,14H,4,13H2,1-3H3. The van der Waals surface area contributed by atoms with Crippen molar-refractivity contribution in [2.24, 2.45) is 0 Å². The van der Waals surface area contributed by atoms with Gasteiger partial charge in [0.1, 0.15) is 0 Å². The smallest absolute Gasteiger partial charge is 0.266 e. The number of aromatic nitrogens is 4. The van der Waals surface area contributed by atoms with Gasteiger partial charge in [-0.05, 0) is 49.1 Å². The molecule has 0 N–H and O–H groups in total. The predicted octanol–water partition coefficient (Wildman–Crippen LogP) is 4.88. The molecule has 4 aromatic rings. The van der Waals surface area contributed by atoms with E-state index in [-0.39, 0.29) is 5.56 Å². The molecule has 0 bridgehead atoms. The maximum absolute atomic E-state index is 13.3. The SMILES string of the molecule is CCC(C)c1ccc(-n2c(SCc3nc(C)no3)nc3ccccc3c2=O)cc1. The molecule has 4 rings (SSSR count). The maximum Gasteiger partial charge on any atom is 0.266 e. The Morgan fingerprint density at radius 1 is 1.10 bits per heavy atom. The second kappa shape index (κ2) is 8.21. The number of aryl methyl sites for hydroxylation is 1. The highest BCUT2D eigenvalue weighted by Gasteiger charge is 2.15. The minimum Gasteiger partial charge on any atom is -0.338 e. The third-order valence-corrected chi connectivity index (χ3v) is 5.90. The predicted molar refractivity (Wildman–Crippen MR) is 115 cm³/mol. The molecule has 29 heavy (non-hydrogen) atoms. The topological polar surface area (TPSA) is 73.8 Å². The largest absolute Gasteiger partial charge is 0.338 e. The van der Waals surface area contributed by atoms with Crippen molar-refractivity contribution in [1.82, 2.24) is 19.7 Å². The summed E-state index contributed by atoms with van der Waals surface area (Å²) in [6, 6.07) is 15.5. The molecule has 0 aliphatic rings. The van der Waals surface area contributed by atoms with Crippen LogP contribution in [-0.2, 0) is 5.75 Å². The van der Waals surface area contributed by atoms with Crippen LogP contribution in [-0.4, -0.2) is 19.7 Å². The molecule has 6 nitrogen and oxygen atoms in total. The Morgan fingerprint density at radius 2 is 1.86 bits per heavy atom. The van der Waals surface area contributed by atoms with E-state index in [0.717, 1.165) is 12.1 Å². The molecule has 0 amide bonds. The molecule has 7 heteroatoms. The minimum atomic E-state index is -0.0869. The van der Waals surface area contributed by atoms with Crippen molar-refractivity contribution in [1.29, 1.82) is 0 Å². The molecule has 1 atom stereocenters. The van der Waals surface area contributed by atoms with E-state index < -0.39 is 0 Å². The number of rotatable bonds is 6. The summed E-state index contributed by atoms with van der Waals surface area (Å²) in [6.45, 7) is 6.15. The van der Waals surface area contributed by atoms with E-state index in [4.69, 9.17) is 9.51 Å². The molecule has 0 aliphatic carbocycles. The molecule has 2 heterocycles. The van der Waals surface area contributed by atoms with Gasteiger partial charge in [-0.3, -0.25) is 9.36 Å². The highest BCUT2D eigenvalue weighted by atomic mass is 32.2. The highest BCUT2D eigenvalue weighted by Crippen LogP contribution is 2.25. The summed E-state index contributed by atoms with van der Waals surface area (Å²) in [7, 11) is 0. The average molecular weight is 407 g/mol. The van der Waals surface area contributed by atoms with E-state index in [2.05, 4.69) is 36.1 Å². The zero-order valence-corrected chi connectivity index (χ0v) is 17.4. The fourth-order valence-corrected chi connectivity index (χ4v) is 4.00. The van der Waals surface area contributed by atoms with Gasteiger partial charge in [-0.2, -0.15) is 4.98 Å². The van der Waals surface area contributed by atoms with Crippen LogP contribution in [0.1, 0.15) is 43.5 Å². The van der Waals surface area contributed by atoms with Crippen molar-refractivity contribution in [3.8, 4) is 5.69 Å². The summed E-state index contributed by atoms with van der Waals surface area (Å²) >= 11 is 1.41. The molecule has 0 fully saturated rings. The fourth-order valence-electron chi connectivity index (χ4n) is 3.15. The monoisotopic (exact) mass is 406 g/mol. The summed E-state index contributed by atoms with van der Waals surface area (Å²) in [5, 5.41) is 5.01. The molecule has 148 valence electrons. The summed E-state index contributed by atoms with van der Waals surface area (Å²) in [5.74, 6) is 2.01. The highest BCUT2D eigenvalue weighted by molar-refractivity contribution is 7.98. The van der Waals surface area contributed by atoms with Crippen molar-refractivity contribution in [2.45, 2.75) is 44.0 Å². The summed E-state index contributed by atoms with van der Waals surface area (Å²) < 4.78 is 6.87. The van der Waals surface area contributed by atoms with E-state index in [1.807, 2.05) is 36.4 Å². The summed E-state index contributed by atoms with van der Waals surface area (Å²) in [4.78, 5) is 22.3. The first-order valence-corrected chi connectivity index (χ1v) is 10.6. The normalized spacial score (nSPS) is 12.4. The third kappa shape index (κ3) is 3.96. The molecule has 0 spiro atoms. The Labute approximate surface area is 173 Å². The van der Waals surface area contributed by atoms with Gasteiger partial charge in [0.2, 0.25) is 5.89 Å². The lowest BCUT2D eigenvalue weighted by Gasteiger charge is -2.14. The van der Waals surface area contributed by atoms with Crippen LogP contribution in [0.3, 0.4) is 0 Å². The third-order valence-electron chi connectivity index (χ3n) is 4.97. The number of thioether (sulfide) groups is 1. The summed E-state index contributed by atoms with van der Waals surface area (Å²) in [5.41, 5.74) is 2.64. The van der Waals surface area contributed by atoms with Crippen LogP contribution < -0.4 is 5.56 Å². The number of hydrogen-bond donors (Lipinski definition) is 0. The van der Waals surface area contributed by atoms with Crippen LogP contribution in [0, 0.1) is 6.92 Å². The number of fused-ring (bicyclic) bond motifs is 1. The second-order valence-corrected chi connectivity index (χ2v) is 7.92. The Hall–Kier alpha value is -2.93. The fraction of sp³-hybridized carbons (Fsp3) is 0.273. The maximum atomic E-state index is 13.3. The van der Waals surface area contributed by atoms with E-state index in [9.17, 15) is 4.79 Å². The van der Waals surface area contributed by atoms with Crippen molar-refractivity contribution in [3.05, 3.63) is 76.2 Å². The van der Waals surface area contributed by atoms with Gasteiger partial charge in [0, 0.05) is 0 Å². The van der Waals surface area contributed by atoms with Crippen LogP contribution in [0.5, 0.6) is 0 Å². The van der Waals surface area contributed by atoms with Gasteiger partial charge in [0.05, 0.1) is 22.3 Å². The van der Waals surface area contributed by atoms with Crippen LogP contribution >= 0.6 is 11.8 Å². The summed E-state index contributed by atoms with van der Waals surface area (Å²) in [6.07, 6.45) is 1.07. The molecular weight excluding hydrogens is 384 g/mol. The van der Waals surface area contributed by atoms with Crippen LogP contribution in [0.25, 0.3) is 16.6 Å². The quantitative estimate of drug-likeness (QED) is 0.335.